The predicted octanol–water partition coefficient (Wildman–Crippen LogP) is 2.18. The Morgan fingerprint density at radius 3 is 2.59 bits per heavy atom. The number of fused-ring (bicyclic) bond motifs is 1. The Hall–Kier alpha value is -2.74. The smallest absolute Gasteiger partial charge is 0.264 e. The van der Waals surface area contributed by atoms with Gasteiger partial charge in [-0.05, 0) is 42.8 Å². The molecule has 1 aliphatic heterocycles. The van der Waals surface area contributed by atoms with Crippen LogP contribution < -0.4 is 19.1 Å². The monoisotopic (exact) mass is 390 g/mol. The van der Waals surface area contributed by atoms with Gasteiger partial charge in [-0.2, -0.15) is 0 Å². The highest BCUT2D eigenvalue weighted by molar-refractivity contribution is 7.92. The van der Waals surface area contributed by atoms with E-state index in [-0.39, 0.29) is 17.3 Å². The van der Waals surface area contributed by atoms with Crippen LogP contribution in [0.3, 0.4) is 0 Å². The van der Waals surface area contributed by atoms with E-state index >= 15 is 0 Å². The second kappa shape index (κ2) is 7.87. The molecule has 0 bridgehead atoms. The SMILES string of the molecule is CCCNC(=O)[C@H]1CN(S(=O)(=O)c2ccc(OC)cc2)c2ccccc2O1. The lowest BCUT2D eigenvalue weighted by Gasteiger charge is -2.34. The molecule has 0 radical (unpaired) electrons. The second-order valence-electron chi connectivity index (χ2n) is 6.08. The summed E-state index contributed by atoms with van der Waals surface area (Å²) in [6.45, 7) is 2.35. The molecule has 0 unspecified atom stereocenters. The molecule has 7 nitrogen and oxygen atoms in total. The standard InChI is InChI=1S/C19H22N2O5S/c1-3-12-20-19(22)18-13-21(16-6-4-5-7-17(16)26-18)27(23,24)15-10-8-14(25-2)9-11-15/h4-11,18H,3,12-13H2,1-2H3,(H,20,22)/t18-/m1/s1. The van der Waals surface area contributed by atoms with Gasteiger partial charge in [0.25, 0.3) is 15.9 Å². The maximum atomic E-state index is 13.2. The minimum Gasteiger partial charge on any atom is -0.497 e. The van der Waals surface area contributed by atoms with Crippen LogP contribution in [0.15, 0.2) is 53.4 Å². The first-order valence-electron chi connectivity index (χ1n) is 8.67. The molecule has 1 heterocycles. The zero-order valence-electron chi connectivity index (χ0n) is 15.2. The maximum Gasteiger partial charge on any atom is 0.264 e. The number of sulfonamides is 1. The van der Waals surface area contributed by atoms with Crippen molar-refractivity contribution < 1.29 is 22.7 Å². The molecule has 3 rings (SSSR count). The largest absolute Gasteiger partial charge is 0.497 e. The van der Waals surface area contributed by atoms with Crippen molar-refractivity contribution in [1.29, 1.82) is 0 Å². The summed E-state index contributed by atoms with van der Waals surface area (Å²) in [7, 11) is -2.35. The van der Waals surface area contributed by atoms with Crippen molar-refractivity contribution in [3.8, 4) is 11.5 Å². The molecule has 144 valence electrons. The Kier molecular flexibility index (Phi) is 5.55. The summed E-state index contributed by atoms with van der Waals surface area (Å²) in [6, 6.07) is 12.9. The Balaban J connectivity index is 1.97. The zero-order chi connectivity index (χ0) is 19.4. The number of hydrogen-bond donors (Lipinski definition) is 1. The van der Waals surface area contributed by atoms with Crippen molar-refractivity contribution in [2.45, 2.75) is 24.3 Å². The number of benzene rings is 2. The molecule has 1 aliphatic rings. The number of hydrogen-bond acceptors (Lipinski definition) is 5. The number of methoxy groups -OCH3 is 1. The normalized spacial score (nSPS) is 16.2. The number of anilines is 1. The molecular formula is C19H22N2O5S. The van der Waals surface area contributed by atoms with Gasteiger partial charge in [-0.15, -0.1) is 0 Å². The molecule has 1 atom stereocenters. The van der Waals surface area contributed by atoms with Crippen LogP contribution in [-0.2, 0) is 14.8 Å². The molecular weight excluding hydrogens is 368 g/mol. The molecule has 1 N–H and O–H groups in total. The number of para-hydroxylation sites is 2. The summed E-state index contributed by atoms with van der Waals surface area (Å²) in [5, 5.41) is 2.76. The van der Waals surface area contributed by atoms with E-state index in [1.165, 1.54) is 23.5 Å². The maximum absolute atomic E-state index is 13.2. The number of rotatable bonds is 6. The van der Waals surface area contributed by atoms with Crippen molar-refractivity contribution in [3.63, 3.8) is 0 Å². The molecule has 2 aromatic rings. The first-order chi connectivity index (χ1) is 13.0. The van der Waals surface area contributed by atoms with Gasteiger partial charge in [0.15, 0.2) is 6.10 Å². The summed E-state index contributed by atoms with van der Waals surface area (Å²) in [4.78, 5) is 12.5. The topological polar surface area (TPSA) is 84.9 Å². The van der Waals surface area contributed by atoms with Gasteiger partial charge in [0, 0.05) is 6.54 Å². The van der Waals surface area contributed by atoms with Crippen LogP contribution in [0.5, 0.6) is 11.5 Å². The van der Waals surface area contributed by atoms with Crippen LogP contribution in [0.2, 0.25) is 0 Å². The lowest BCUT2D eigenvalue weighted by Crippen LogP contribution is -2.50. The number of amides is 1. The highest BCUT2D eigenvalue weighted by atomic mass is 32.2. The summed E-state index contributed by atoms with van der Waals surface area (Å²) in [6.07, 6.45) is -0.136. The van der Waals surface area contributed by atoms with Crippen molar-refractivity contribution >= 4 is 21.6 Å². The molecule has 0 aliphatic carbocycles. The fourth-order valence-electron chi connectivity index (χ4n) is 2.80. The van der Waals surface area contributed by atoms with Gasteiger partial charge in [0.2, 0.25) is 0 Å². The number of ether oxygens (including phenoxy) is 2. The molecule has 0 saturated heterocycles. The molecule has 0 aromatic heterocycles. The van der Waals surface area contributed by atoms with Crippen LogP contribution in [0, 0.1) is 0 Å². The van der Waals surface area contributed by atoms with Gasteiger partial charge in [-0.1, -0.05) is 19.1 Å². The summed E-state index contributed by atoms with van der Waals surface area (Å²) in [5.41, 5.74) is 0.410. The zero-order valence-corrected chi connectivity index (χ0v) is 16.0. The highest BCUT2D eigenvalue weighted by Gasteiger charge is 2.37. The fourth-order valence-corrected chi connectivity index (χ4v) is 4.28. The summed E-state index contributed by atoms with van der Waals surface area (Å²) < 4.78 is 38.5. The minimum absolute atomic E-state index is 0.0963. The van der Waals surface area contributed by atoms with Crippen molar-refractivity contribution in [2.75, 3.05) is 24.5 Å². The van der Waals surface area contributed by atoms with E-state index < -0.39 is 16.1 Å². The first-order valence-corrected chi connectivity index (χ1v) is 10.1. The third kappa shape index (κ3) is 3.85. The van der Waals surface area contributed by atoms with E-state index in [9.17, 15) is 13.2 Å². The molecule has 0 saturated carbocycles. The van der Waals surface area contributed by atoms with E-state index in [4.69, 9.17) is 9.47 Å². The van der Waals surface area contributed by atoms with Crippen LogP contribution in [0.25, 0.3) is 0 Å². The molecule has 8 heteroatoms. The highest BCUT2D eigenvalue weighted by Crippen LogP contribution is 2.37. The number of carbonyl (C=O) groups excluding carboxylic acids is 1. The summed E-state index contributed by atoms with van der Waals surface area (Å²) in [5.74, 6) is 0.590. The van der Waals surface area contributed by atoms with Crippen LogP contribution in [0.1, 0.15) is 13.3 Å². The van der Waals surface area contributed by atoms with Crippen LogP contribution in [-0.4, -0.2) is 40.6 Å². The van der Waals surface area contributed by atoms with Gasteiger partial charge >= 0.3 is 0 Å². The third-order valence-corrected chi connectivity index (χ3v) is 6.02. The number of nitrogens with one attached hydrogen (secondary N) is 1. The van der Waals surface area contributed by atoms with Crippen molar-refractivity contribution in [2.24, 2.45) is 0 Å². The Labute approximate surface area is 158 Å². The van der Waals surface area contributed by atoms with Gasteiger partial charge in [0.1, 0.15) is 11.5 Å². The lowest BCUT2D eigenvalue weighted by atomic mass is 10.2. The second-order valence-corrected chi connectivity index (χ2v) is 7.94. The number of nitrogens with zero attached hydrogens (tertiary/aromatic N) is 1. The van der Waals surface area contributed by atoms with E-state index in [2.05, 4.69) is 5.32 Å². The van der Waals surface area contributed by atoms with Gasteiger partial charge in [0.05, 0.1) is 24.2 Å². The van der Waals surface area contributed by atoms with E-state index in [0.717, 1.165) is 6.42 Å². The average Bonchev–Trinajstić information content (AvgIpc) is 2.71. The van der Waals surface area contributed by atoms with E-state index in [1.807, 2.05) is 6.92 Å². The van der Waals surface area contributed by atoms with Crippen LogP contribution >= 0.6 is 0 Å². The Morgan fingerprint density at radius 1 is 1.22 bits per heavy atom. The first kappa shape index (κ1) is 19.0. The molecule has 1 amide bonds. The van der Waals surface area contributed by atoms with Gasteiger partial charge in [-0.3, -0.25) is 9.10 Å². The molecule has 0 spiro atoms. The fraction of sp³-hybridized carbons (Fsp3) is 0.316. The molecule has 2 aromatic carbocycles. The quantitative estimate of drug-likeness (QED) is 0.817. The van der Waals surface area contributed by atoms with Gasteiger partial charge in [-0.25, -0.2) is 8.42 Å². The van der Waals surface area contributed by atoms with Gasteiger partial charge < -0.3 is 14.8 Å². The van der Waals surface area contributed by atoms with Crippen LogP contribution in [0.4, 0.5) is 5.69 Å². The van der Waals surface area contributed by atoms with Crippen molar-refractivity contribution in [3.05, 3.63) is 48.5 Å². The lowest BCUT2D eigenvalue weighted by molar-refractivity contribution is -0.127. The Morgan fingerprint density at radius 2 is 1.93 bits per heavy atom. The van der Waals surface area contributed by atoms with Crippen molar-refractivity contribution in [1.82, 2.24) is 5.32 Å². The predicted molar refractivity (Wildman–Crippen MR) is 102 cm³/mol. The summed E-state index contributed by atoms with van der Waals surface area (Å²) >= 11 is 0. The minimum atomic E-state index is -3.87. The number of carbonyl (C=O) groups is 1. The Bertz CT molecular complexity index is 912. The van der Waals surface area contributed by atoms with E-state index in [1.54, 1.807) is 36.4 Å². The molecule has 0 fully saturated rings. The average molecular weight is 390 g/mol. The molecule has 27 heavy (non-hydrogen) atoms. The third-order valence-electron chi connectivity index (χ3n) is 4.22. The van der Waals surface area contributed by atoms with E-state index in [0.29, 0.717) is 23.7 Å².